The molecule has 0 bridgehead atoms. The second-order valence-electron chi connectivity index (χ2n) is 7.06. The second-order valence-corrected chi connectivity index (χ2v) is 7.06. The highest BCUT2D eigenvalue weighted by atomic mass is 16.5. The van der Waals surface area contributed by atoms with Gasteiger partial charge in [-0.3, -0.25) is 4.79 Å². The summed E-state index contributed by atoms with van der Waals surface area (Å²) in [5.41, 5.74) is 1.22. The van der Waals surface area contributed by atoms with Gasteiger partial charge in [-0.05, 0) is 42.9 Å². The van der Waals surface area contributed by atoms with Crippen molar-refractivity contribution in [2.75, 3.05) is 13.7 Å². The van der Waals surface area contributed by atoms with Crippen molar-refractivity contribution in [3.05, 3.63) is 29.8 Å². The van der Waals surface area contributed by atoms with Gasteiger partial charge >= 0.3 is 0 Å². The van der Waals surface area contributed by atoms with Gasteiger partial charge in [0.1, 0.15) is 5.75 Å². The maximum absolute atomic E-state index is 12.7. The molecule has 1 aliphatic heterocycles. The lowest BCUT2D eigenvalue weighted by Gasteiger charge is -2.27. The van der Waals surface area contributed by atoms with Crippen LogP contribution in [0, 0.1) is 5.92 Å². The molecule has 0 spiro atoms. The summed E-state index contributed by atoms with van der Waals surface area (Å²) in [5, 5.41) is 0. The predicted octanol–water partition coefficient (Wildman–Crippen LogP) is 4.72. The van der Waals surface area contributed by atoms with Crippen LogP contribution in [0.3, 0.4) is 0 Å². The van der Waals surface area contributed by atoms with Gasteiger partial charge < -0.3 is 9.64 Å². The lowest BCUT2D eigenvalue weighted by molar-refractivity contribution is -0.132. The van der Waals surface area contributed by atoms with Crippen LogP contribution in [-0.4, -0.2) is 24.5 Å². The standard InChI is InChI=1S/C20H29NO2/c1-23-18-10-5-9-17(15-18)19-11-6-14-21(19)20(22)13-12-16-7-3-2-4-8-16/h5,9-10,15-16,19H,2-4,6-8,11-14H2,1H3. The highest BCUT2D eigenvalue weighted by molar-refractivity contribution is 5.77. The van der Waals surface area contributed by atoms with Crippen molar-refractivity contribution < 1.29 is 9.53 Å². The normalized spacial score (nSPS) is 22.3. The fourth-order valence-corrected chi connectivity index (χ4v) is 4.21. The average molecular weight is 315 g/mol. The Morgan fingerprint density at radius 2 is 2.00 bits per heavy atom. The van der Waals surface area contributed by atoms with Crippen molar-refractivity contribution in [1.82, 2.24) is 4.90 Å². The van der Waals surface area contributed by atoms with Crippen molar-refractivity contribution in [2.24, 2.45) is 5.92 Å². The zero-order chi connectivity index (χ0) is 16.1. The zero-order valence-corrected chi connectivity index (χ0v) is 14.3. The van der Waals surface area contributed by atoms with E-state index < -0.39 is 0 Å². The molecule has 126 valence electrons. The van der Waals surface area contributed by atoms with Crippen LogP contribution < -0.4 is 4.74 Å². The van der Waals surface area contributed by atoms with E-state index in [0.717, 1.165) is 43.9 Å². The van der Waals surface area contributed by atoms with E-state index in [-0.39, 0.29) is 6.04 Å². The fourth-order valence-electron chi connectivity index (χ4n) is 4.21. The molecule has 23 heavy (non-hydrogen) atoms. The molecule has 3 nitrogen and oxygen atoms in total. The Hall–Kier alpha value is -1.51. The lowest BCUT2D eigenvalue weighted by Crippen LogP contribution is -2.30. The number of carbonyl (C=O) groups is 1. The summed E-state index contributed by atoms with van der Waals surface area (Å²) < 4.78 is 5.33. The highest BCUT2D eigenvalue weighted by Gasteiger charge is 2.30. The summed E-state index contributed by atoms with van der Waals surface area (Å²) >= 11 is 0. The van der Waals surface area contributed by atoms with Gasteiger partial charge in [-0.2, -0.15) is 0 Å². The Morgan fingerprint density at radius 1 is 1.17 bits per heavy atom. The summed E-state index contributed by atoms with van der Waals surface area (Å²) in [6, 6.07) is 8.44. The Kier molecular flexibility index (Phi) is 5.58. The van der Waals surface area contributed by atoms with Crippen molar-refractivity contribution in [2.45, 2.75) is 63.8 Å². The summed E-state index contributed by atoms with van der Waals surface area (Å²) in [7, 11) is 1.70. The van der Waals surface area contributed by atoms with E-state index in [1.54, 1.807) is 7.11 Å². The minimum absolute atomic E-state index is 0.240. The summed E-state index contributed by atoms with van der Waals surface area (Å²) in [5.74, 6) is 2.01. The molecule has 2 fully saturated rings. The van der Waals surface area contributed by atoms with E-state index >= 15 is 0 Å². The summed E-state index contributed by atoms with van der Waals surface area (Å²) in [6.45, 7) is 0.908. The first kappa shape index (κ1) is 16.4. The maximum atomic E-state index is 12.7. The predicted molar refractivity (Wildman–Crippen MR) is 92.5 cm³/mol. The molecule has 2 aliphatic rings. The van der Waals surface area contributed by atoms with Gasteiger partial charge in [0.2, 0.25) is 5.91 Å². The minimum Gasteiger partial charge on any atom is -0.497 e. The number of hydrogen-bond acceptors (Lipinski definition) is 2. The first-order chi connectivity index (χ1) is 11.3. The number of amides is 1. The number of ether oxygens (including phenoxy) is 1. The van der Waals surface area contributed by atoms with E-state index in [9.17, 15) is 4.79 Å². The molecule has 1 atom stereocenters. The number of likely N-dealkylation sites (tertiary alicyclic amines) is 1. The molecule has 1 aromatic carbocycles. The van der Waals surface area contributed by atoms with E-state index in [1.165, 1.54) is 37.7 Å². The molecule has 0 aromatic heterocycles. The van der Waals surface area contributed by atoms with E-state index in [1.807, 2.05) is 12.1 Å². The molecule has 1 saturated carbocycles. The van der Waals surface area contributed by atoms with Gasteiger partial charge in [0, 0.05) is 13.0 Å². The molecule has 1 unspecified atom stereocenters. The first-order valence-corrected chi connectivity index (χ1v) is 9.21. The van der Waals surface area contributed by atoms with Gasteiger partial charge in [0.15, 0.2) is 0 Å². The van der Waals surface area contributed by atoms with Crippen LogP contribution in [-0.2, 0) is 4.79 Å². The number of hydrogen-bond donors (Lipinski definition) is 0. The molecule has 1 aliphatic carbocycles. The number of carbonyl (C=O) groups excluding carboxylic acids is 1. The van der Waals surface area contributed by atoms with Crippen molar-refractivity contribution >= 4 is 5.91 Å². The molecule has 1 saturated heterocycles. The van der Waals surface area contributed by atoms with Gasteiger partial charge in [-0.1, -0.05) is 44.2 Å². The quantitative estimate of drug-likeness (QED) is 0.787. The molecule has 3 rings (SSSR count). The average Bonchev–Trinajstić information content (AvgIpc) is 3.10. The number of nitrogens with zero attached hydrogens (tertiary/aromatic N) is 1. The third-order valence-electron chi connectivity index (χ3n) is 5.54. The third kappa shape index (κ3) is 4.07. The van der Waals surface area contributed by atoms with Gasteiger partial charge in [-0.15, -0.1) is 0 Å². The Morgan fingerprint density at radius 3 is 2.78 bits per heavy atom. The number of methoxy groups -OCH3 is 1. The molecular formula is C20H29NO2. The topological polar surface area (TPSA) is 29.5 Å². The minimum atomic E-state index is 0.240. The van der Waals surface area contributed by atoms with E-state index in [4.69, 9.17) is 4.74 Å². The van der Waals surface area contributed by atoms with Crippen LogP contribution in [0.25, 0.3) is 0 Å². The second kappa shape index (κ2) is 7.85. The SMILES string of the molecule is COc1cccc(C2CCCN2C(=O)CCC2CCCCC2)c1. The number of rotatable bonds is 5. The van der Waals surface area contributed by atoms with Crippen LogP contribution in [0.2, 0.25) is 0 Å². The van der Waals surface area contributed by atoms with Crippen LogP contribution in [0.15, 0.2) is 24.3 Å². The smallest absolute Gasteiger partial charge is 0.223 e. The van der Waals surface area contributed by atoms with Gasteiger partial charge in [0.25, 0.3) is 0 Å². The van der Waals surface area contributed by atoms with Crippen LogP contribution in [0.1, 0.15) is 69.4 Å². The molecular weight excluding hydrogens is 286 g/mol. The zero-order valence-electron chi connectivity index (χ0n) is 14.3. The van der Waals surface area contributed by atoms with Gasteiger partial charge in [0.05, 0.1) is 13.2 Å². The largest absolute Gasteiger partial charge is 0.497 e. The van der Waals surface area contributed by atoms with Gasteiger partial charge in [-0.25, -0.2) is 0 Å². The monoisotopic (exact) mass is 315 g/mol. The summed E-state index contributed by atoms with van der Waals surface area (Å²) in [6.07, 6.45) is 10.7. The molecule has 0 N–H and O–H groups in total. The van der Waals surface area contributed by atoms with Crippen LogP contribution in [0.4, 0.5) is 0 Å². The molecule has 1 aromatic rings. The maximum Gasteiger partial charge on any atom is 0.223 e. The van der Waals surface area contributed by atoms with Crippen molar-refractivity contribution in [3.63, 3.8) is 0 Å². The Balaban J connectivity index is 1.60. The fraction of sp³-hybridized carbons (Fsp3) is 0.650. The third-order valence-corrected chi connectivity index (χ3v) is 5.54. The molecule has 0 radical (unpaired) electrons. The molecule has 1 heterocycles. The van der Waals surface area contributed by atoms with Crippen molar-refractivity contribution in [3.8, 4) is 5.75 Å². The van der Waals surface area contributed by atoms with E-state index in [0.29, 0.717) is 5.91 Å². The Bertz CT molecular complexity index is 522. The first-order valence-electron chi connectivity index (χ1n) is 9.21. The molecule has 1 amide bonds. The Labute approximate surface area is 140 Å². The molecule has 3 heteroatoms. The van der Waals surface area contributed by atoms with Crippen LogP contribution in [0.5, 0.6) is 5.75 Å². The lowest BCUT2D eigenvalue weighted by atomic mass is 9.86. The van der Waals surface area contributed by atoms with Crippen molar-refractivity contribution in [1.29, 1.82) is 0 Å². The summed E-state index contributed by atoms with van der Waals surface area (Å²) in [4.78, 5) is 14.8. The van der Waals surface area contributed by atoms with E-state index in [2.05, 4.69) is 17.0 Å². The van der Waals surface area contributed by atoms with Crippen LogP contribution >= 0.6 is 0 Å². The number of benzene rings is 1. The highest BCUT2D eigenvalue weighted by Crippen LogP contribution is 2.35.